The molecule has 0 aliphatic rings. The summed E-state index contributed by atoms with van der Waals surface area (Å²) in [4.78, 5) is 16.1. The molecule has 0 aliphatic carbocycles. The Labute approximate surface area is 182 Å². The minimum Gasteiger partial charge on any atom is -0.477 e. The van der Waals surface area contributed by atoms with Gasteiger partial charge in [0.2, 0.25) is 0 Å². The van der Waals surface area contributed by atoms with Crippen molar-refractivity contribution >= 4 is 56.2 Å². The molecule has 0 saturated carbocycles. The van der Waals surface area contributed by atoms with E-state index in [4.69, 9.17) is 11.6 Å². The van der Waals surface area contributed by atoms with Crippen LogP contribution in [0.15, 0.2) is 57.3 Å². The molecule has 0 saturated heterocycles. The van der Waals surface area contributed by atoms with Crippen LogP contribution >= 0.6 is 39.3 Å². The summed E-state index contributed by atoms with van der Waals surface area (Å²) in [6.07, 6.45) is 3.45. The molecule has 4 aromatic rings. The lowest BCUT2D eigenvalue weighted by Gasteiger charge is -2.05. The van der Waals surface area contributed by atoms with Crippen molar-refractivity contribution in [3.05, 3.63) is 63.9 Å². The minimum absolute atomic E-state index is 0.00850. The first kappa shape index (κ1) is 19.9. The summed E-state index contributed by atoms with van der Waals surface area (Å²) in [7, 11) is 0. The van der Waals surface area contributed by atoms with Crippen LogP contribution in [0.4, 0.5) is 4.39 Å². The van der Waals surface area contributed by atoms with Gasteiger partial charge in [-0.1, -0.05) is 29.4 Å². The third-order valence-corrected chi connectivity index (χ3v) is 6.63. The number of halogens is 3. The van der Waals surface area contributed by atoms with Gasteiger partial charge >= 0.3 is 5.97 Å². The van der Waals surface area contributed by atoms with Crippen LogP contribution in [0.1, 0.15) is 17.4 Å². The van der Waals surface area contributed by atoms with E-state index in [0.717, 1.165) is 0 Å². The summed E-state index contributed by atoms with van der Waals surface area (Å²) in [5.41, 5.74) is 0.911. The third kappa shape index (κ3) is 3.54. The summed E-state index contributed by atoms with van der Waals surface area (Å²) in [5, 5.41) is 14.6. The number of fused-ring (bicyclic) bond motifs is 1. The molecule has 0 bridgehead atoms. The quantitative estimate of drug-likeness (QED) is 0.387. The molecular formula is C19H13BrClFN4O2S. The van der Waals surface area contributed by atoms with Gasteiger partial charge in [-0.2, -0.15) is 5.10 Å². The van der Waals surface area contributed by atoms with E-state index >= 15 is 4.39 Å². The van der Waals surface area contributed by atoms with Crippen molar-refractivity contribution in [3.8, 4) is 5.69 Å². The molecule has 0 amide bonds. The number of carbonyl (C=O) groups is 1. The second-order valence-corrected chi connectivity index (χ2v) is 8.22. The lowest BCUT2D eigenvalue weighted by molar-refractivity contribution is 0.0689. The molecule has 1 N–H and O–H groups in total. The van der Waals surface area contributed by atoms with Crippen LogP contribution in [-0.4, -0.2) is 30.4 Å². The standard InChI is InChI=1S/C19H13BrClFN4O2S/c1-2-25-9-10(8-23-25)26-16-11(6-7-12(21)15(16)22)17(18(26)20)29-14-5-3-4-13(24-14)19(27)28/h3-9H,2H2,1H3,(H,27,28). The van der Waals surface area contributed by atoms with Crippen molar-refractivity contribution in [3.63, 3.8) is 0 Å². The van der Waals surface area contributed by atoms with E-state index in [1.807, 2.05) is 13.1 Å². The smallest absolute Gasteiger partial charge is 0.354 e. The first-order chi connectivity index (χ1) is 13.9. The molecule has 0 radical (unpaired) electrons. The molecule has 29 heavy (non-hydrogen) atoms. The van der Waals surface area contributed by atoms with Gasteiger partial charge in [-0.05, 0) is 47.1 Å². The molecule has 0 spiro atoms. The lowest BCUT2D eigenvalue weighted by Crippen LogP contribution is -1.99. The number of nitrogens with zero attached hydrogens (tertiary/aromatic N) is 4. The van der Waals surface area contributed by atoms with Gasteiger partial charge in [-0.15, -0.1) is 0 Å². The predicted molar refractivity (Wildman–Crippen MR) is 113 cm³/mol. The highest BCUT2D eigenvalue weighted by atomic mass is 79.9. The average Bonchev–Trinajstić information content (AvgIpc) is 3.28. The third-order valence-electron chi connectivity index (χ3n) is 4.27. The number of aromatic carboxylic acids is 1. The molecule has 0 unspecified atom stereocenters. The van der Waals surface area contributed by atoms with Crippen molar-refractivity contribution < 1.29 is 14.3 Å². The van der Waals surface area contributed by atoms with Crippen LogP contribution in [0.3, 0.4) is 0 Å². The number of aromatic nitrogens is 4. The second kappa shape index (κ2) is 7.81. The average molecular weight is 496 g/mol. The molecule has 3 heterocycles. The fourth-order valence-corrected chi connectivity index (χ4v) is 4.87. The first-order valence-electron chi connectivity index (χ1n) is 8.49. The zero-order valence-electron chi connectivity index (χ0n) is 14.9. The fourth-order valence-electron chi connectivity index (χ4n) is 2.93. The van der Waals surface area contributed by atoms with E-state index in [2.05, 4.69) is 26.0 Å². The van der Waals surface area contributed by atoms with Crippen molar-refractivity contribution in [1.82, 2.24) is 19.3 Å². The van der Waals surface area contributed by atoms with Crippen molar-refractivity contribution in [2.24, 2.45) is 0 Å². The number of pyridine rings is 1. The Morgan fingerprint density at radius 1 is 1.34 bits per heavy atom. The normalized spacial score (nSPS) is 11.3. The highest BCUT2D eigenvalue weighted by Gasteiger charge is 2.23. The van der Waals surface area contributed by atoms with Crippen molar-refractivity contribution in [2.45, 2.75) is 23.4 Å². The molecule has 6 nitrogen and oxygen atoms in total. The zero-order valence-corrected chi connectivity index (χ0v) is 18.1. The number of carboxylic acid groups (broad SMARTS) is 1. The van der Waals surface area contributed by atoms with Gasteiger partial charge in [0.25, 0.3) is 0 Å². The second-order valence-electron chi connectivity index (χ2n) is 6.04. The van der Waals surface area contributed by atoms with E-state index < -0.39 is 11.8 Å². The summed E-state index contributed by atoms with van der Waals surface area (Å²) < 4.78 is 19.1. The largest absolute Gasteiger partial charge is 0.477 e. The Balaban J connectivity index is 1.93. The van der Waals surface area contributed by atoms with Crippen LogP contribution in [0, 0.1) is 5.82 Å². The highest BCUT2D eigenvalue weighted by molar-refractivity contribution is 9.10. The van der Waals surface area contributed by atoms with E-state index in [1.54, 1.807) is 33.6 Å². The van der Waals surface area contributed by atoms with E-state index in [0.29, 0.717) is 37.7 Å². The van der Waals surface area contributed by atoms with Crippen LogP contribution < -0.4 is 0 Å². The Kier molecular flexibility index (Phi) is 5.37. The van der Waals surface area contributed by atoms with Crippen molar-refractivity contribution in [2.75, 3.05) is 0 Å². The van der Waals surface area contributed by atoms with E-state index in [9.17, 15) is 9.90 Å². The molecular weight excluding hydrogens is 483 g/mol. The van der Waals surface area contributed by atoms with Gasteiger partial charge < -0.3 is 5.11 Å². The molecule has 4 rings (SSSR count). The summed E-state index contributed by atoms with van der Waals surface area (Å²) in [6, 6.07) is 7.97. The number of hydrogen-bond donors (Lipinski definition) is 1. The van der Waals surface area contributed by atoms with Gasteiger partial charge in [-0.25, -0.2) is 14.2 Å². The molecule has 1 aromatic carbocycles. The number of rotatable bonds is 5. The Bertz CT molecular complexity index is 1260. The Morgan fingerprint density at radius 3 is 2.83 bits per heavy atom. The maximum absolute atomic E-state index is 15.0. The monoisotopic (exact) mass is 494 g/mol. The summed E-state index contributed by atoms with van der Waals surface area (Å²) in [5.74, 6) is -1.66. The maximum atomic E-state index is 15.0. The van der Waals surface area contributed by atoms with Gasteiger partial charge in [-0.3, -0.25) is 9.25 Å². The fraction of sp³-hybridized carbons (Fsp3) is 0.105. The lowest BCUT2D eigenvalue weighted by atomic mass is 10.2. The topological polar surface area (TPSA) is 72.9 Å². The first-order valence-corrected chi connectivity index (χ1v) is 10.5. The maximum Gasteiger partial charge on any atom is 0.354 e. The predicted octanol–water partition coefficient (Wildman–Crippen LogP) is 5.65. The molecule has 148 valence electrons. The molecule has 3 aromatic heterocycles. The van der Waals surface area contributed by atoms with Crippen LogP contribution in [-0.2, 0) is 6.54 Å². The zero-order chi connectivity index (χ0) is 20.7. The van der Waals surface area contributed by atoms with Crippen molar-refractivity contribution in [1.29, 1.82) is 0 Å². The van der Waals surface area contributed by atoms with Crippen LogP contribution in [0.5, 0.6) is 0 Å². The minimum atomic E-state index is -1.11. The molecule has 10 heteroatoms. The highest BCUT2D eigenvalue weighted by Crippen LogP contribution is 2.44. The number of aryl methyl sites for hydroxylation is 1. The number of carboxylic acids is 1. The number of benzene rings is 1. The van der Waals surface area contributed by atoms with Gasteiger partial charge in [0.15, 0.2) is 5.82 Å². The van der Waals surface area contributed by atoms with Gasteiger partial charge in [0, 0.05) is 18.1 Å². The van der Waals surface area contributed by atoms with Crippen LogP contribution in [0.25, 0.3) is 16.6 Å². The molecule has 0 atom stereocenters. The molecule has 0 aliphatic heterocycles. The van der Waals surface area contributed by atoms with Gasteiger partial charge in [0.1, 0.15) is 15.3 Å². The van der Waals surface area contributed by atoms with Crippen LogP contribution in [0.2, 0.25) is 5.02 Å². The summed E-state index contributed by atoms with van der Waals surface area (Å²) >= 11 is 10.9. The summed E-state index contributed by atoms with van der Waals surface area (Å²) in [6.45, 7) is 2.63. The Hall–Kier alpha value is -2.36. The van der Waals surface area contributed by atoms with E-state index in [-0.39, 0.29) is 10.7 Å². The van der Waals surface area contributed by atoms with E-state index in [1.165, 1.54) is 23.9 Å². The molecule has 0 fully saturated rings. The Morgan fingerprint density at radius 2 is 2.14 bits per heavy atom. The number of hydrogen-bond acceptors (Lipinski definition) is 4. The SMILES string of the molecule is CCn1cc(-n2c(Br)c(Sc3cccc(C(=O)O)n3)c3ccc(Cl)c(F)c32)cn1. The van der Waals surface area contributed by atoms with Gasteiger partial charge in [0.05, 0.1) is 27.3 Å².